The SMILES string of the molecule is CCCC(CS)(CCC)COc1c(C)cc(Cl)cc1C. The average molecular weight is 315 g/mol. The van der Waals surface area contributed by atoms with Gasteiger partial charge in [-0.3, -0.25) is 0 Å². The molecular weight excluding hydrogens is 288 g/mol. The smallest absolute Gasteiger partial charge is 0.125 e. The van der Waals surface area contributed by atoms with Crippen LogP contribution in [0.5, 0.6) is 5.75 Å². The number of hydrogen-bond donors (Lipinski definition) is 1. The Labute approximate surface area is 134 Å². The molecular formula is C17H27ClOS. The van der Waals surface area contributed by atoms with Gasteiger partial charge in [0.2, 0.25) is 0 Å². The molecule has 20 heavy (non-hydrogen) atoms. The van der Waals surface area contributed by atoms with E-state index < -0.39 is 0 Å². The van der Waals surface area contributed by atoms with E-state index in [0.29, 0.717) is 0 Å². The second kappa shape index (κ2) is 8.19. The lowest BCUT2D eigenvalue weighted by Crippen LogP contribution is -2.31. The Kier molecular flexibility index (Phi) is 7.25. The minimum Gasteiger partial charge on any atom is -0.492 e. The van der Waals surface area contributed by atoms with Crippen molar-refractivity contribution in [2.75, 3.05) is 12.4 Å². The van der Waals surface area contributed by atoms with Gasteiger partial charge in [0.05, 0.1) is 6.61 Å². The Morgan fingerprint density at radius 1 is 1.10 bits per heavy atom. The van der Waals surface area contributed by atoms with Crippen LogP contribution in [0.15, 0.2) is 12.1 Å². The number of benzene rings is 1. The van der Waals surface area contributed by atoms with E-state index in [1.165, 1.54) is 12.8 Å². The molecule has 0 saturated heterocycles. The molecule has 0 bridgehead atoms. The van der Waals surface area contributed by atoms with Gasteiger partial charge in [-0.05, 0) is 55.7 Å². The molecule has 1 nitrogen and oxygen atoms in total. The van der Waals surface area contributed by atoms with Gasteiger partial charge in [0.25, 0.3) is 0 Å². The number of hydrogen-bond acceptors (Lipinski definition) is 2. The number of halogens is 1. The Hall–Kier alpha value is -0.340. The van der Waals surface area contributed by atoms with E-state index in [9.17, 15) is 0 Å². The summed E-state index contributed by atoms with van der Waals surface area (Å²) in [6, 6.07) is 3.93. The Bertz CT molecular complexity index is 402. The van der Waals surface area contributed by atoms with Crippen LogP contribution in [-0.2, 0) is 0 Å². The largest absolute Gasteiger partial charge is 0.492 e. The number of ether oxygens (including phenoxy) is 1. The van der Waals surface area contributed by atoms with Gasteiger partial charge in [0.15, 0.2) is 0 Å². The van der Waals surface area contributed by atoms with Gasteiger partial charge in [-0.15, -0.1) is 0 Å². The number of thiol groups is 1. The summed E-state index contributed by atoms with van der Waals surface area (Å²) in [5, 5.41) is 0.773. The second-order valence-electron chi connectivity index (χ2n) is 5.82. The van der Waals surface area contributed by atoms with E-state index in [2.05, 4.69) is 40.3 Å². The third-order valence-corrected chi connectivity index (χ3v) is 4.73. The van der Waals surface area contributed by atoms with Crippen molar-refractivity contribution in [3.63, 3.8) is 0 Å². The Morgan fingerprint density at radius 3 is 2.00 bits per heavy atom. The van der Waals surface area contributed by atoms with Crippen molar-refractivity contribution in [3.8, 4) is 5.75 Å². The standard InChI is InChI=1S/C17H27ClOS/c1-5-7-17(12-20,8-6-2)11-19-16-13(3)9-15(18)10-14(16)4/h9-10,20H,5-8,11-12H2,1-4H3. The summed E-state index contributed by atoms with van der Waals surface area (Å²) in [5.41, 5.74) is 2.40. The molecule has 0 radical (unpaired) electrons. The molecule has 0 saturated carbocycles. The third kappa shape index (κ3) is 4.60. The zero-order valence-electron chi connectivity index (χ0n) is 13.1. The second-order valence-corrected chi connectivity index (χ2v) is 6.57. The van der Waals surface area contributed by atoms with Gasteiger partial charge in [0.1, 0.15) is 5.75 Å². The average Bonchev–Trinajstić information content (AvgIpc) is 2.37. The molecule has 0 N–H and O–H groups in total. The Morgan fingerprint density at radius 2 is 1.60 bits per heavy atom. The van der Waals surface area contributed by atoms with E-state index in [0.717, 1.165) is 47.1 Å². The molecule has 1 rings (SSSR count). The number of rotatable bonds is 8. The minimum atomic E-state index is 0.186. The van der Waals surface area contributed by atoms with Crippen molar-refractivity contribution in [2.45, 2.75) is 53.4 Å². The lowest BCUT2D eigenvalue weighted by atomic mass is 9.82. The summed E-state index contributed by atoms with van der Waals surface area (Å²) in [6.45, 7) is 9.30. The fourth-order valence-electron chi connectivity index (χ4n) is 2.88. The van der Waals surface area contributed by atoms with E-state index in [4.69, 9.17) is 16.3 Å². The van der Waals surface area contributed by atoms with Crippen LogP contribution in [0.3, 0.4) is 0 Å². The van der Waals surface area contributed by atoms with Gasteiger partial charge in [-0.1, -0.05) is 38.3 Å². The van der Waals surface area contributed by atoms with E-state index in [1.54, 1.807) is 0 Å². The van der Waals surface area contributed by atoms with Gasteiger partial charge < -0.3 is 4.74 Å². The third-order valence-electron chi connectivity index (χ3n) is 3.84. The molecule has 0 aromatic heterocycles. The quantitative estimate of drug-likeness (QED) is 0.592. The highest BCUT2D eigenvalue weighted by Gasteiger charge is 2.28. The highest BCUT2D eigenvalue weighted by atomic mass is 35.5. The summed E-state index contributed by atoms with van der Waals surface area (Å²) in [5.74, 6) is 1.85. The zero-order chi connectivity index (χ0) is 15.2. The van der Waals surface area contributed by atoms with Crippen LogP contribution in [0.25, 0.3) is 0 Å². The van der Waals surface area contributed by atoms with E-state index in [-0.39, 0.29) is 5.41 Å². The van der Waals surface area contributed by atoms with Crippen molar-refractivity contribution in [3.05, 3.63) is 28.3 Å². The highest BCUT2D eigenvalue weighted by molar-refractivity contribution is 7.80. The van der Waals surface area contributed by atoms with Crippen LogP contribution in [0.1, 0.15) is 50.7 Å². The van der Waals surface area contributed by atoms with Crippen LogP contribution in [-0.4, -0.2) is 12.4 Å². The fraction of sp³-hybridized carbons (Fsp3) is 0.647. The first-order valence-electron chi connectivity index (χ1n) is 7.48. The molecule has 0 fully saturated rings. The molecule has 0 spiro atoms. The summed E-state index contributed by atoms with van der Waals surface area (Å²) >= 11 is 10.7. The maximum Gasteiger partial charge on any atom is 0.125 e. The molecule has 0 aliphatic carbocycles. The van der Waals surface area contributed by atoms with E-state index in [1.807, 2.05) is 12.1 Å². The summed E-state index contributed by atoms with van der Waals surface area (Å²) in [6.07, 6.45) is 4.66. The van der Waals surface area contributed by atoms with Crippen molar-refractivity contribution in [1.29, 1.82) is 0 Å². The molecule has 0 unspecified atom stereocenters. The topological polar surface area (TPSA) is 9.23 Å². The summed E-state index contributed by atoms with van der Waals surface area (Å²) in [7, 11) is 0. The van der Waals surface area contributed by atoms with Crippen molar-refractivity contribution in [1.82, 2.24) is 0 Å². The van der Waals surface area contributed by atoms with Gasteiger partial charge in [-0.25, -0.2) is 0 Å². The van der Waals surface area contributed by atoms with Crippen LogP contribution < -0.4 is 4.74 Å². The zero-order valence-corrected chi connectivity index (χ0v) is 14.8. The molecule has 0 heterocycles. The lowest BCUT2D eigenvalue weighted by Gasteiger charge is -2.32. The van der Waals surface area contributed by atoms with Crippen LogP contribution in [0.4, 0.5) is 0 Å². The maximum atomic E-state index is 6.18. The van der Waals surface area contributed by atoms with Gasteiger partial charge in [-0.2, -0.15) is 12.6 Å². The molecule has 0 atom stereocenters. The molecule has 0 aliphatic heterocycles. The molecule has 114 valence electrons. The molecule has 0 aliphatic rings. The van der Waals surface area contributed by atoms with Gasteiger partial charge in [0, 0.05) is 10.4 Å². The highest BCUT2D eigenvalue weighted by Crippen LogP contribution is 2.34. The predicted molar refractivity (Wildman–Crippen MR) is 92.5 cm³/mol. The first-order valence-corrected chi connectivity index (χ1v) is 8.49. The normalized spacial score (nSPS) is 11.7. The number of aryl methyl sites for hydroxylation is 2. The predicted octanol–water partition coefficient (Wildman–Crippen LogP) is 5.85. The molecule has 1 aromatic rings. The fourth-order valence-corrected chi connectivity index (χ4v) is 3.62. The summed E-state index contributed by atoms with van der Waals surface area (Å²) < 4.78 is 6.18. The molecule has 3 heteroatoms. The monoisotopic (exact) mass is 314 g/mol. The first-order chi connectivity index (χ1) is 9.48. The van der Waals surface area contributed by atoms with E-state index >= 15 is 0 Å². The van der Waals surface area contributed by atoms with Crippen molar-refractivity contribution < 1.29 is 4.74 Å². The Balaban J connectivity index is 2.87. The van der Waals surface area contributed by atoms with Crippen LogP contribution >= 0.6 is 24.2 Å². The lowest BCUT2D eigenvalue weighted by molar-refractivity contribution is 0.142. The minimum absolute atomic E-state index is 0.186. The van der Waals surface area contributed by atoms with Crippen LogP contribution in [0, 0.1) is 19.3 Å². The molecule has 1 aromatic carbocycles. The summed E-state index contributed by atoms with van der Waals surface area (Å²) in [4.78, 5) is 0. The van der Waals surface area contributed by atoms with Crippen molar-refractivity contribution >= 4 is 24.2 Å². The molecule has 0 amide bonds. The van der Waals surface area contributed by atoms with Crippen molar-refractivity contribution in [2.24, 2.45) is 5.41 Å². The first kappa shape index (κ1) is 17.7. The maximum absolute atomic E-state index is 6.18. The van der Waals surface area contributed by atoms with Gasteiger partial charge >= 0.3 is 0 Å². The van der Waals surface area contributed by atoms with Crippen LogP contribution in [0.2, 0.25) is 5.02 Å².